The molecular weight excluding hydrogens is 240 g/mol. The van der Waals surface area contributed by atoms with Crippen LogP contribution < -0.4 is 0 Å². The number of aromatic amines is 1. The summed E-state index contributed by atoms with van der Waals surface area (Å²) in [6, 6.07) is 2.20. The van der Waals surface area contributed by atoms with Crippen molar-refractivity contribution in [3.63, 3.8) is 0 Å². The Bertz CT molecular complexity index is 567. The quantitative estimate of drug-likeness (QED) is 0.789. The lowest BCUT2D eigenvalue weighted by atomic mass is 9.90. The maximum absolute atomic E-state index is 5.33. The second kappa shape index (κ2) is 3.82. The number of hydrogen-bond acceptors (Lipinski definition) is 4. The molecule has 0 spiro atoms. The van der Waals surface area contributed by atoms with Gasteiger partial charge in [-0.05, 0) is 49.0 Å². The molecule has 5 heteroatoms. The summed E-state index contributed by atoms with van der Waals surface area (Å²) in [6.45, 7) is 2.31. The summed E-state index contributed by atoms with van der Waals surface area (Å²) in [5.74, 6) is 1.41. The molecule has 84 valence electrons. The molecule has 2 aromatic rings. The van der Waals surface area contributed by atoms with Crippen molar-refractivity contribution in [3.05, 3.63) is 21.3 Å². The molecule has 0 saturated heterocycles. The van der Waals surface area contributed by atoms with Crippen LogP contribution in [-0.2, 0) is 12.8 Å². The zero-order valence-corrected chi connectivity index (χ0v) is 10.6. The topological polar surface area (TPSA) is 41.8 Å². The van der Waals surface area contributed by atoms with E-state index < -0.39 is 0 Å². The molecule has 3 nitrogen and oxygen atoms in total. The van der Waals surface area contributed by atoms with Crippen molar-refractivity contribution < 1.29 is 4.42 Å². The maximum Gasteiger partial charge on any atom is 0.284 e. The van der Waals surface area contributed by atoms with Crippen molar-refractivity contribution >= 4 is 23.6 Å². The number of hydrogen-bond donors (Lipinski definition) is 1. The lowest BCUT2D eigenvalue weighted by molar-refractivity contribution is 0.506. The van der Waals surface area contributed by atoms with Crippen molar-refractivity contribution in [2.75, 3.05) is 0 Å². The van der Waals surface area contributed by atoms with E-state index in [0.717, 1.165) is 10.8 Å². The molecular formula is C11H12N2OS2. The molecule has 0 unspecified atom stereocenters. The van der Waals surface area contributed by atoms with Crippen LogP contribution in [0.3, 0.4) is 0 Å². The average Bonchev–Trinajstić information content (AvgIpc) is 2.83. The predicted octanol–water partition coefficient (Wildman–Crippen LogP) is 3.59. The van der Waals surface area contributed by atoms with Gasteiger partial charge in [0.05, 0.1) is 4.88 Å². The van der Waals surface area contributed by atoms with Gasteiger partial charge in [-0.2, -0.15) is 0 Å². The Balaban J connectivity index is 2.01. The summed E-state index contributed by atoms with van der Waals surface area (Å²) in [5, 5.41) is 6.72. The highest BCUT2D eigenvalue weighted by molar-refractivity contribution is 7.71. The molecule has 0 saturated carbocycles. The first-order valence-electron chi connectivity index (χ1n) is 5.40. The van der Waals surface area contributed by atoms with Crippen LogP contribution in [0.2, 0.25) is 0 Å². The molecule has 0 bridgehead atoms. The second-order valence-electron chi connectivity index (χ2n) is 4.33. The van der Waals surface area contributed by atoms with E-state index in [1.54, 1.807) is 11.3 Å². The van der Waals surface area contributed by atoms with Crippen LogP contribution in [-0.4, -0.2) is 10.2 Å². The van der Waals surface area contributed by atoms with Gasteiger partial charge in [0.25, 0.3) is 10.7 Å². The van der Waals surface area contributed by atoms with Gasteiger partial charge < -0.3 is 4.42 Å². The van der Waals surface area contributed by atoms with Crippen molar-refractivity contribution in [2.24, 2.45) is 5.92 Å². The van der Waals surface area contributed by atoms with E-state index in [9.17, 15) is 0 Å². The van der Waals surface area contributed by atoms with Gasteiger partial charge >= 0.3 is 0 Å². The number of aromatic nitrogens is 2. The smallest absolute Gasteiger partial charge is 0.284 e. The van der Waals surface area contributed by atoms with Gasteiger partial charge in [0, 0.05) is 4.88 Å². The van der Waals surface area contributed by atoms with E-state index in [1.165, 1.54) is 29.7 Å². The molecule has 0 fully saturated rings. The van der Waals surface area contributed by atoms with E-state index in [2.05, 4.69) is 23.2 Å². The minimum Gasteiger partial charge on any atom is -0.408 e. The molecule has 1 aliphatic rings. The van der Waals surface area contributed by atoms with Gasteiger partial charge in [-0.3, -0.25) is 0 Å². The van der Waals surface area contributed by atoms with Crippen molar-refractivity contribution in [2.45, 2.75) is 26.2 Å². The van der Waals surface area contributed by atoms with E-state index in [1.807, 2.05) is 0 Å². The lowest BCUT2D eigenvalue weighted by Gasteiger charge is -2.16. The number of H-pyrrole nitrogens is 1. The summed E-state index contributed by atoms with van der Waals surface area (Å²) >= 11 is 6.66. The van der Waals surface area contributed by atoms with Crippen LogP contribution >= 0.6 is 23.6 Å². The summed E-state index contributed by atoms with van der Waals surface area (Å²) < 4.78 is 5.33. The van der Waals surface area contributed by atoms with Crippen LogP contribution in [0.25, 0.3) is 10.8 Å². The lowest BCUT2D eigenvalue weighted by Crippen LogP contribution is -2.07. The van der Waals surface area contributed by atoms with Gasteiger partial charge in [0.1, 0.15) is 0 Å². The highest BCUT2D eigenvalue weighted by Gasteiger charge is 2.20. The summed E-state index contributed by atoms with van der Waals surface area (Å²) in [7, 11) is 0. The third kappa shape index (κ3) is 1.74. The molecule has 3 rings (SSSR count). The fourth-order valence-corrected chi connectivity index (χ4v) is 3.41. The number of aryl methyl sites for hydroxylation is 1. The largest absolute Gasteiger partial charge is 0.408 e. The van der Waals surface area contributed by atoms with Crippen LogP contribution in [0.5, 0.6) is 0 Å². The molecule has 0 radical (unpaired) electrons. The second-order valence-corrected chi connectivity index (χ2v) is 5.83. The molecule has 2 heterocycles. The average molecular weight is 252 g/mol. The van der Waals surface area contributed by atoms with Gasteiger partial charge in [-0.15, -0.1) is 16.4 Å². The zero-order chi connectivity index (χ0) is 11.1. The Morgan fingerprint density at radius 1 is 1.62 bits per heavy atom. The molecule has 0 amide bonds. The van der Waals surface area contributed by atoms with Crippen LogP contribution in [0, 0.1) is 10.8 Å². The van der Waals surface area contributed by atoms with Gasteiger partial charge in [0.2, 0.25) is 0 Å². The third-order valence-corrected chi connectivity index (χ3v) is 4.38. The molecule has 1 aliphatic carbocycles. The van der Waals surface area contributed by atoms with Crippen molar-refractivity contribution in [3.8, 4) is 10.8 Å². The standard InChI is InChI=1S/C11H12N2OS2/c1-6-2-3-8-7(4-6)5-9(16-8)10-12-13-11(15)14-10/h5-6H,2-4H2,1H3,(H,13,15)/t6-/m1/s1. The monoisotopic (exact) mass is 252 g/mol. The number of nitrogens with zero attached hydrogens (tertiary/aromatic N) is 1. The molecule has 16 heavy (non-hydrogen) atoms. The third-order valence-electron chi connectivity index (χ3n) is 2.98. The predicted molar refractivity (Wildman–Crippen MR) is 66.2 cm³/mol. The highest BCUT2D eigenvalue weighted by Crippen LogP contribution is 2.36. The number of nitrogens with one attached hydrogen (secondary N) is 1. The molecule has 0 aliphatic heterocycles. The maximum atomic E-state index is 5.33. The van der Waals surface area contributed by atoms with E-state index in [0.29, 0.717) is 10.7 Å². The fraction of sp³-hybridized carbons (Fsp3) is 0.455. The van der Waals surface area contributed by atoms with Crippen molar-refractivity contribution in [1.82, 2.24) is 10.2 Å². The van der Waals surface area contributed by atoms with Crippen molar-refractivity contribution in [1.29, 1.82) is 0 Å². The van der Waals surface area contributed by atoms with E-state index >= 15 is 0 Å². The summed E-state index contributed by atoms with van der Waals surface area (Å²) in [4.78, 5) is 2.92. The van der Waals surface area contributed by atoms with Gasteiger partial charge in [-0.25, -0.2) is 5.10 Å². The SMILES string of the molecule is C[C@@H]1CCc2sc(-c3n[nH]c(=S)o3)cc2C1. The van der Waals surface area contributed by atoms with E-state index in [-0.39, 0.29) is 0 Å². The molecule has 1 atom stereocenters. The molecule has 1 N–H and O–H groups in total. The number of rotatable bonds is 1. The highest BCUT2D eigenvalue weighted by atomic mass is 32.1. The Kier molecular flexibility index (Phi) is 2.44. The molecule has 2 aromatic heterocycles. The Morgan fingerprint density at radius 2 is 2.50 bits per heavy atom. The number of fused-ring (bicyclic) bond motifs is 1. The Labute approximate surface area is 103 Å². The minimum atomic E-state index is 0.342. The first-order valence-corrected chi connectivity index (χ1v) is 6.62. The number of thiophene rings is 1. The minimum absolute atomic E-state index is 0.342. The normalized spacial score (nSPS) is 19.7. The van der Waals surface area contributed by atoms with E-state index in [4.69, 9.17) is 16.6 Å². The van der Waals surface area contributed by atoms with Crippen LogP contribution in [0.15, 0.2) is 10.5 Å². The van der Waals surface area contributed by atoms with Crippen LogP contribution in [0.1, 0.15) is 23.8 Å². The van der Waals surface area contributed by atoms with Crippen LogP contribution in [0.4, 0.5) is 0 Å². The summed E-state index contributed by atoms with van der Waals surface area (Å²) in [5.41, 5.74) is 1.46. The first-order chi connectivity index (χ1) is 7.72. The van der Waals surface area contributed by atoms with Gasteiger partial charge in [0.15, 0.2) is 0 Å². The zero-order valence-electron chi connectivity index (χ0n) is 8.95. The first kappa shape index (κ1) is 10.2. The molecule has 0 aromatic carbocycles. The summed E-state index contributed by atoms with van der Waals surface area (Å²) in [6.07, 6.45) is 3.65. The Hall–Kier alpha value is -0.940. The Morgan fingerprint density at radius 3 is 3.25 bits per heavy atom. The fourth-order valence-electron chi connectivity index (χ4n) is 2.15. The van der Waals surface area contributed by atoms with Gasteiger partial charge in [-0.1, -0.05) is 6.92 Å².